The monoisotopic (exact) mass is 138 g/mol. The molecule has 0 aromatic rings. The SMILES string of the molecule is C=CC/C(C)=C\C=C(/C)O. The molecular weight excluding hydrogens is 124 g/mol. The van der Waals surface area contributed by atoms with Crippen LogP contribution >= 0.6 is 0 Å². The zero-order valence-electron chi connectivity index (χ0n) is 6.59. The summed E-state index contributed by atoms with van der Waals surface area (Å²) in [6.45, 7) is 7.26. The standard InChI is InChI=1S/C9H14O/c1-4-5-8(2)6-7-9(3)10/h4,6-7,10H,1,5H2,2-3H3/b8-6-,9-7+. The number of allylic oxidation sites excluding steroid dienone is 5. The van der Waals surface area contributed by atoms with Crippen molar-refractivity contribution in [1.29, 1.82) is 0 Å². The third-order valence-corrected chi connectivity index (χ3v) is 1.08. The quantitative estimate of drug-likeness (QED) is 0.361. The van der Waals surface area contributed by atoms with Crippen molar-refractivity contribution >= 4 is 0 Å². The lowest BCUT2D eigenvalue weighted by molar-refractivity contribution is 0.414. The zero-order valence-corrected chi connectivity index (χ0v) is 6.59. The molecule has 0 aliphatic carbocycles. The Hall–Kier alpha value is -0.980. The molecule has 0 unspecified atom stereocenters. The number of hydrogen-bond donors (Lipinski definition) is 1. The summed E-state index contributed by atoms with van der Waals surface area (Å²) >= 11 is 0. The van der Waals surface area contributed by atoms with Crippen LogP contribution in [0.3, 0.4) is 0 Å². The summed E-state index contributed by atoms with van der Waals surface area (Å²) in [7, 11) is 0. The molecule has 0 amide bonds. The average molecular weight is 138 g/mol. The second-order valence-corrected chi connectivity index (χ2v) is 2.31. The van der Waals surface area contributed by atoms with E-state index in [0.717, 1.165) is 6.42 Å². The van der Waals surface area contributed by atoms with Gasteiger partial charge in [0.15, 0.2) is 0 Å². The predicted molar refractivity (Wildman–Crippen MR) is 45.0 cm³/mol. The Morgan fingerprint density at radius 1 is 1.40 bits per heavy atom. The first-order valence-corrected chi connectivity index (χ1v) is 3.30. The third-order valence-electron chi connectivity index (χ3n) is 1.08. The van der Waals surface area contributed by atoms with Crippen LogP contribution in [0.15, 0.2) is 36.1 Å². The van der Waals surface area contributed by atoms with E-state index in [2.05, 4.69) is 6.58 Å². The Labute approximate surface area is 62.4 Å². The van der Waals surface area contributed by atoms with Gasteiger partial charge in [-0.15, -0.1) is 6.58 Å². The molecule has 0 spiro atoms. The highest BCUT2D eigenvalue weighted by atomic mass is 16.3. The van der Waals surface area contributed by atoms with Gasteiger partial charge < -0.3 is 5.11 Å². The molecule has 10 heavy (non-hydrogen) atoms. The molecule has 0 aliphatic heterocycles. The van der Waals surface area contributed by atoms with Gasteiger partial charge in [0, 0.05) is 0 Å². The van der Waals surface area contributed by atoms with E-state index in [1.165, 1.54) is 5.57 Å². The summed E-state index contributed by atoms with van der Waals surface area (Å²) in [5, 5.41) is 8.76. The molecule has 0 atom stereocenters. The summed E-state index contributed by atoms with van der Waals surface area (Å²) in [6.07, 6.45) is 6.28. The first kappa shape index (κ1) is 9.02. The molecule has 56 valence electrons. The topological polar surface area (TPSA) is 20.2 Å². The van der Waals surface area contributed by atoms with Crippen LogP contribution in [0.25, 0.3) is 0 Å². The highest BCUT2D eigenvalue weighted by molar-refractivity contribution is 5.13. The maximum atomic E-state index is 8.76. The van der Waals surface area contributed by atoms with Gasteiger partial charge in [0.2, 0.25) is 0 Å². The van der Waals surface area contributed by atoms with Crippen molar-refractivity contribution in [3.8, 4) is 0 Å². The molecular formula is C9H14O. The van der Waals surface area contributed by atoms with Gasteiger partial charge in [0.1, 0.15) is 0 Å². The molecule has 0 radical (unpaired) electrons. The van der Waals surface area contributed by atoms with Crippen LogP contribution < -0.4 is 0 Å². The molecule has 0 rings (SSSR count). The highest BCUT2D eigenvalue weighted by Gasteiger charge is 1.81. The van der Waals surface area contributed by atoms with E-state index in [-0.39, 0.29) is 0 Å². The number of hydrogen-bond acceptors (Lipinski definition) is 1. The number of rotatable bonds is 3. The van der Waals surface area contributed by atoms with Gasteiger partial charge >= 0.3 is 0 Å². The normalized spacial score (nSPS) is 13.4. The smallest absolute Gasteiger partial charge is 0.0891 e. The van der Waals surface area contributed by atoms with Crippen LogP contribution in [0.4, 0.5) is 0 Å². The van der Waals surface area contributed by atoms with Gasteiger partial charge in [0.25, 0.3) is 0 Å². The lowest BCUT2D eigenvalue weighted by Gasteiger charge is -1.90. The molecule has 0 bridgehead atoms. The summed E-state index contributed by atoms with van der Waals surface area (Å²) < 4.78 is 0. The molecule has 1 N–H and O–H groups in total. The van der Waals surface area contributed by atoms with E-state index in [1.54, 1.807) is 13.0 Å². The number of aliphatic hydroxyl groups is 1. The molecule has 0 saturated heterocycles. The molecule has 1 nitrogen and oxygen atoms in total. The van der Waals surface area contributed by atoms with Crippen LogP contribution in [0.2, 0.25) is 0 Å². The summed E-state index contributed by atoms with van der Waals surface area (Å²) in [4.78, 5) is 0. The first-order chi connectivity index (χ1) is 4.66. The van der Waals surface area contributed by atoms with E-state index in [4.69, 9.17) is 5.11 Å². The van der Waals surface area contributed by atoms with Gasteiger partial charge in [-0.2, -0.15) is 0 Å². The first-order valence-electron chi connectivity index (χ1n) is 3.30. The predicted octanol–water partition coefficient (Wildman–Crippen LogP) is 2.97. The van der Waals surface area contributed by atoms with Gasteiger partial charge in [0.05, 0.1) is 5.76 Å². The average Bonchev–Trinajstić information content (AvgIpc) is 1.85. The fourth-order valence-electron chi connectivity index (χ4n) is 0.559. The summed E-state index contributed by atoms with van der Waals surface area (Å²) in [6, 6.07) is 0. The molecule has 0 saturated carbocycles. The van der Waals surface area contributed by atoms with Crippen LogP contribution in [0.5, 0.6) is 0 Å². The van der Waals surface area contributed by atoms with Crippen LogP contribution in [-0.2, 0) is 0 Å². The van der Waals surface area contributed by atoms with Crippen LogP contribution in [0.1, 0.15) is 20.3 Å². The van der Waals surface area contributed by atoms with E-state index in [0.29, 0.717) is 5.76 Å². The van der Waals surface area contributed by atoms with Crippen LogP contribution in [-0.4, -0.2) is 5.11 Å². The number of aliphatic hydroxyl groups excluding tert-OH is 1. The Morgan fingerprint density at radius 2 is 2.00 bits per heavy atom. The van der Waals surface area contributed by atoms with Crippen molar-refractivity contribution in [3.05, 3.63) is 36.1 Å². The van der Waals surface area contributed by atoms with Gasteiger partial charge in [-0.1, -0.05) is 17.7 Å². The van der Waals surface area contributed by atoms with Crippen molar-refractivity contribution in [2.45, 2.75) is 20.3 Å². The van der Waals surface area contributed by atoms with E-state index < -0.39 is 0 Å². The Kier molecular flexibility index (Phi) is 4.38. The fraction of sp³-hybridized carbons (Fsp3) is 0.333. The van der Waals surface area contributed by atoms with E-state index in [1.807, 2.05) is 19.1 Å². The summed E-state index contributed by atoms with van der Waals surface area (Å²) in [5.74, 6) is 0.336. The van der Waals surface area contributed by atoms with Gasteiger partial charge in [-0.25, -0.2) is 0 Å². The van der Waals surface area contributed by atoms with Crippen molar-refractivity contribution in [3.63, 3.8) is 0 Å². The lowest BCUT2D eigenvalue weighted by Crippen LogP contribution is -1.72. The second kappa shape index (κ2) is 4.86. The Morgan fingerprint density at radius 3 is 2.40 bits per heavy atom. The fourth-order valence-corrected chi connectivity index (χ4v) is 0.559. The minimum absolute atomic E-state index is 0.336. The van der Waals surface area contributed by atoms with E-state index in [9.17, 15) is 0 Å². The molecule has 0 aromatic heterocycles. The minimum atomic E-state index is 0.336. The van der Waals surface area contributed by atoms with E-state index >= 15 is 0 Å². The molecule has 1 heteroatoms. The maximum absolute atomic E-state index is 8.76. The van der Waals surface area contributed by atoms with Gasteiger partial charge in [-0.3, -0.25) is 0 Å². The Bertz CT molecular complexity index is 160. The highest BCUT2D eigenvalue weighted by Crippen LogP contribution is 2.00. The molecule has 0 heterocycles. The van der Waals surface area contributed by atoms with Crippen molar-refractivity contribution in [1.82, 2.24) is 0 Å². The molecule has 0 fully saturated rings. The van der Waals surface area contributed by atoms with Gasteiger partial charge in [-0.05, 0) is 26.3 Å². The lowest BCUT2D eigenvalue weighted by atomic mass is 10.2. The zero-order chi connectivity index (χ0) is 7.98. The second-order valence-electron chi connectivity index (χ2n) is 2.31. The largest absolute Gasteiger partial charge is 0.513 e. The van der Waals surface area contributed by atoms with Crippen LogP contribution in [0, 0.1) is 0 Å². The molecule has 0 aromatic carbocycles. The summed E-state index contributed by atoms with van der Waals surface area (Å²) in [5.41, 5.74) is 1.20. The third kappa shape index (κ3) is 5.16. The van der Waals surface area contributed by atoms with Crippen molar-refractivity contribution in [2.75, 3.05) is 0 Å². The molecule has 0 aliphatic rings. The Balaban J connectivity index is 3.91. The maximum Gasteiger partial charge on any atom is 0.0891 e. The minimum Gasteiger partial charge on any atom is -0.513 e. The van der Waals surface area contributed by atoms with Crippen molar-refractivity contribution < 1.29 is 5.11 Å². The van der Waals surface area contributed by atoms with Crippen molar-refractivity contribution in [2.24, 2.45) is 0 Å².